The van der Waals surface area contributed by atoms with Gasteiger partial charge < -0.3 is 24.2 Å². The molecule has 1 amide bonds. The van der Waals surface area contributed by atoms with E-state index in [9.17, 15) is 9.90 Å². The minimum absolute atomic E-state index is 0.0180. The number of carbonyl (C=O) groups excluding carboxylic acids is 1. The number of aliphatic hydroxyl groups is 1. The van der Waals surface area contributed by atoms with E-state index >= 15 is 0 Å². The second-order valence-corrected chi connectivity index (χ2v) is 7.90. The SMILES string of the molecule is Cc1cc2c(cc1C(=O)N1C[C@@H]3c4ccccc4OC[C@]3(CO)C1)OCCO2. The molecular formula is C22H23NO5. The molecule has 3 aliphatic rings. The molecule has 5 rings (SSSR count). The molecule has 28 heavy (non-hydrogen) atoms. The molecule has 0 unspecified atom stereocenters. The molecule has 0 aliphatic carbocycles. The van der Waals surface area contributed by atoms with Gasteiger partial charge >= 0.3 is 0 Å². The summed E-state index contributed by atoms with van der Waals surface area (Å²) in [5.74, 6) is 2.16. The average Bonchev–Trinajstić information content (AvgIpc) is 3.14. The van der Waals surface area contributed by atoms with Gasteiger partial charge in [-0.2, -0.15) is 0 Å². The van der Waals surface area contributed by atoms with Gasteiger partial charge in [0.2, 0.25) is 0 Å². The standard InChI is InChI=1S/C22H23NO5/c1-14-8-19-20(27-7-6-26-19)9-16(14)21(25)23-10-17-15-4-2-3-5-18(15)28-13-22(17,11-23)12-24/h2-5,8-9,17,24H,6-7,10-13H2,1H3/t17-,22-/m1/s1. The molecular weight excluding hydrogens is 358 g/mol. The average molecular weight is 381 g/mol. The molecule has 2 atom stereocenters. The molecule has 1 fully saturated rings. The molecule has 0 radical (unpaired) electrons. The van der Waals surface area contributed by atoms with E-state index in [0.717, 1.165) is 16.9 Å². The molecule has 3 aliphatic heterocycles. The molecule has 2 aromatic carbocycles. The quantitative estimate of drug-likeness (QED) is 0.865. The molecule has 0 saturated carbocycles. The lowest BCUT2D eigenvalue weighted by Gasteiger charge is -2.37. The van der Waals surface area contributed by atoms with Crippen LogP contribution in [0.25, 0.3) is 0 Å². The van der Waals surface area contributed by atoms with Gasteiger partial charge in [-0.3, -0.25) is 4.79 Å². The third-order valence-corrected chi connectivity index (χ3v) is 6.18. The maximum absolute atomic E-state index is 13.4. The summed E-state index contributed by atoms with van der Waals surface area (Å²) in [4.78, 5) is 15.2. The highest BCUT2D eigenvalue weighted by Crippen LogP contribution is 2.49. The van der Waals surface area contributed by atoms with Gasteiger partial charge in [0, 0.05) is 24.6 Å². The topological polar surface area (TPSA) is 68.2 Å². The number of rotatable bonds is 2. The summed E-state index contributed by atoms with van der Waals surface area (Å²) in [6, 6.07) is 11.6. The summed E-state index contributed by atoms with van der Waals surface area (Å²) in [6.07, 6.45) is 0. The van der Waals surface area contributed by atoms with Crippen LogP contribution in [-0.2, 0) is 0 Å². The first-order valence-electron chi connectivity index (χ1n) is 9.63. The summed E-state index contributed by atoms with van der Waals surface area (Å²) < 4.78 is 17.2. The number of ether oxygens (including phenoxy) is 3. The van der Waals surface area contributed by atoms with E-state index in [2.05, 4.69) is 0 Å². The van der Waals surface area contributed by atoms with Gasteiger partial charge in [0.25, 0.3) is 5.91 Å². The van der Waals surface area contributed by atoms with Gasteiger partial charge in [0.1, 0.15) is 19.0 Å². The van der Waals surface area contributed by atoms with E-state index in [-0.39, 0.29) is 18.4 Å². The van der Waals surface area contributed by atoms with Crippen LogP contribution in [0.3, 0.4) is 0 Å². The van der Waals surface area contributed by atoms with Crippen molar-refractivity contribution in [2.75, 3.05) is 39.5 Å². The zero-order chi connectivity index (χ0) is 19.3. The van der Waals surface area contributed by atoms with Crippen LogP contribution in [0.15, 0.2) is 36.4 Å². The Kier molecular flexibility index (Phi) is 3.98. The highest BCUT2D eigenvalue weighted by atomic mass is 16.6. The molecule has 1 saturated heterocycles. The Hall–Kier alpha value is -2.73. The maximum atomic E-state index is 13.4. The number of para-hydroxylation sites is 1. The summed E-state index contributed by atoms with van der Waals surface area (Å²) in [7, 11) is 0. The third-order valence-electron chi connectivity index (χ3n) is 6.18. The number of carbonyl (C=O) groups is 1. The van der Waals surface area contributed by atoms with E-state index in [1.807, 2.05) is 42.2 Å². The molecule has 0 bridgehead atoms. The van der Waals surface area contributed by atoms with Crippen LogP contribution in [0, 0.1) is 12.3 Å². The molecule has 146 valence electrons. The first-order valence-corrected chi connectivity index (χ1v) is 9.63. The molecule has 0 spiro atoms. The number of amides is 1. The Morgan fingerprint density at radius 1 is 1.14 bits per heavy atom. The fraction of sp³-hybridized carbons (Fsp3) is 0.409. The third kappa shape index (κ3) is 2.55. The van der Waals surface area contributed by atoms with Gasteiger partial charge in [-0.1, -0.05) is 18.2 Å². The molecule has 2 aromatic rings. The number of benzene rings is 2. The van der Waals surface area contributed by atoms with Crippen LogP contribution in [0.4, 0.5) is 0 Å². The minimum atomic E-state index is -0.467. The number of aliphatic hydroxyl groups excluding tert-OH is 1. The molecule has 6 nitrogen and oxygen atoms in total. The summed E-state index contributed by atoms with van der Waals surface area (Å²) in [6.45, 7) is 4.34. The predicted octanol–water partition coefficient (Wildman–Crippen LogP) is 2.38. The molecule has 0 aromatic heterocycles. The summed E-state index contributed by atoms with van der Waals surface area (Å²) in [5.41, 5.74) is 2.08. The Balaban J connectivity index is 1.48. The van der Waals surface area contributed by atoms with Crippen LogP contribution in [0.2, 0.25) is 0 Å². The summed E-state index contributed by atoms with van der Waals surface area (Å²) >= 11 is 0. The van der Waals surface area contributed by atoms with Gasteiger partial charge in [-0.15, -0.1) is 0 Å². The van der Waals surface area contributed by atoms with Crippen LogP contribution >= 0.6 is 0 Å². The van der Waals surface area contributed by atoms with E-state index in [4.69, 9.17) is 14.2 Å². The zero-order valence-electron chi connectivity index (χ0n) is 15.8. The second-order valence-electron chi connectivity index (χ2n) is 7.90. The van der Waals surface area contributed by atoms with Crippen LogP contribution in [0.5, 0.6) is 17.2 Å². The van der Waals surface area contributed by atoms with Crippen molar-refractivity contribution in [3.63, 3.8) is 0 Å². The Morgan fingerprint density at radius 2 is 1.89 bits per heavy atom. The van der Waals surface area contributed by atoms with Crippen molar-refractivity contribution in [2.24, 2.45) is 5.41 Å². The van der Waals surface area contributed by atoms with E-state index in [0.29, 0.717) is 50.0 Å². The number of nitrogens with zero attached hydrogens (tertiary/aromatic N) is 1. The van der Waals surface area contributed by atoms with Crippen molar-refractivity contribution in [3.05, 3.63) is 53.1 Å². The number of fused-ring (bicyclic) bond motifs is 4. The van der Waals surface area contributed by atoms with Gasteiger partial charge in [-0.05, 0) is 36.2 Å². The summed E-state index contributed by atoms with van der Waals surface area (Å²) in [5, 5.41) is 10.2. The second kappa shape index (κ2) is 6.41. The Labute approximate surface area is 163 Å². The molecule has 3 heterocycles. The lowest BCUT2D eigenvalue weighted by molar-refractivity contribution is 0.0440. The van der Waals surface area contributed by atoms with Gasteiger partial charge in [0.15, 0.2) is 11.5 Å². The van der Waals surface area contributed by atoms with Crippen molar-refractivity contribution >= 4 is 5.91 Å². The number of aryl methyl sites for hydroxylation is 1. The fourth-order valence-electron chi connectivity index (χ4n) is 4.62. The lowest BCUT2D eigenvalue weighted by atomic mass is 9.74. The van der Waals surface area contributed by atoms with Crippen molar-refractivity contribution < 1.29 is 24.1 Å². The number of hydrogen-bond acceptors (Lipinski definition) is 5. The molecule has 1 N–H and O–H groups in total. The zero-order valence-corrected chi connectivity index (χ0v) is 15.8. The normalized spacial score (nSPS) is 24.9. The Morgan fingerprint density at radius 3 is 2.68 bits per heavy atom. The van der Waals surface area contributed by atoms with Crippen molar-refractivity contribution in [2.45, 2.75) is 12.8 Å². The van der Waals surface area contributed by atoms with Crippen molar-refractivity contribution in [1.29, 1.82) is 0 Å². The highest BCUT2D eigenvalue weighted by Gasteiger charge is 2.52. The van der Waals surface area contributed by atoms with Crippen LogP contribution in [-0.4, -0.2) is 55.4 Å². The van der Waals surface area contributed by atoms with Gasteiger partial charge in [0.05, 0.1) is 18.6 Å². The largest absolute Gasteiger partial charge is 0.493 e. The first-order chi connectivity index (χ1) is 13.6. The lowest BCUT2D eigenvalue weighted by Crippen LogP contribution is -2.42. The van der Waals surface area contributed by atoms with Crippen LogP contribution < -0.4 is 14.2 Å². The van der Waals surface area contributed by atoms with E-state index in [1.165, 1.54) is 0 Å². The van der Waals surface area contributed by atoms with E-state index in [1.54, 1.807) is 6.07 Å². The first kappa shape index (κ1) is 17.4. The number of hydrogen-bond donors (Lipinski definition) is 1. The smallest absolute Gasteiger partial charge is 0.254 e. The number of likely N-dealkylation sites (tertiary alicyclic amines) is 1. The van der Waals surface area contributed by atoms with Crippen molar-refractivity contribution in [3.8, 4) is 17.2 Å². The van der Waals surface area contributed by atoms with Gasteiger partial charge in [-0.25, -0.2) is 0 Å². The Bertz CT molecular complexity index is 943. The maximum Gasteiger partial charge on any atom is 0.254 e. The minimum Gasteiger partial charge on any atom is -0.493 e. The fourth-order valence-corrected chi connectivity index (χ4v) is 4.62. The van der Waals surface area contributed by atoms with E-state index < -0.39 is 5.41 Å². The monoisotopic (exact) mass is 381 g/mol. The van der Waals surface area contributed by atoms with Crippen molar-refractivity contribution in [1.82, 2.24) is 4.90 Å². The van der Waals surface area contributed by atoms with Crippen LogP contribution in [0.1, 0.15) is 27.4 Å². The molecule has 6 heteroatoms. The highest BCUT2D eigenvalue weighted by molar-refractivity contribution is 5.96. The predicted molar refractivity (Wildman–Crippen MR) is 102 cm³/mol.